The number of hydrogen-bond acceptors (Lipinski definition) is 3. The highest BCUT2D eigenvalue weighted by atomic mass is 16.4. The molecule has 0 aliphatic carbocycles. The van der Waals surface area contributed by atoms with Crippen LogP contribution in [0.15, 0.2) is 0 Å². The summed E-state index contributed by atoms with van der Waals surface area (Å²) in [6.07, 6.45) is 5.12. The minimum absolute atomic E-state index is 0.125. The predicted octanol–water partition coefficient (Wildman–Crippen LogP) is 3.07. The molecule has 1 heterocycles. The van der Waals surface area contributed by atoms with Gasteiger partial charge in [-0.05, 0) is 19.3 Å². The van der Waals surface area contributed by atoms with Crippen molar-refractivity contribution in [3.8, 4) is 0 Å². The highest BCUT2D eigenvalue weighted by Gasteiger charge is 2.24. The van der Waals surface area contributed by atoms with Crippen LogP contribution in [-0.2, 0) is 6.54 Å². The normalized spacial score (nSPS) is 11.1. The van der Waals surface area contributed by atoms with E-state index in [9.17, 15) is 9.90 Å². The highest BCUT2D eigenvalue weighted by molar-refractivity contribution is 5.86. The van der Waals surface area contributed by atoms with E-state index in [4.69, 9.17) is 0 Å². The van der Waals surface area contributed by atoms with Crippen molar-refractivity contribution in [2.45, 2.75) is 65.3 Å². The van der Waals surface area contributed by atoms with Crippen molar-refractivity contribution < 1.29 is 9.90 Å². The first-order valence-electron chi connectivity index (χ1n) is 6.82. The average molecular weight is 253 g/mol. The van der Waals surface area contributed by atoms with Crippen LogP contribution < -0.4 is 0 Å². The van der Waals surface area contributed by atoms with Crippen LogP contribution in [0.4, 0.5) is 0 Å². The number of aromatic nitrogens is 3. The van der Waals surface area contributed by atoms with Crippen molar-refractivity contribution in [1.82, 2.24) is 15.0 Å². The molecule has 0 atom stereocenters. The molecule has 0 aliphatic heterocycles. The maximum absolute atomic E-state index is 11.2. The second kappa shape index (κ2) is 7.13. The zero-order chi connectivity index (χ0) is 13.5. The Kier molecular flexibility index (Phi) is 5.82. The van der Waals surface area contributed by atoms with E-state index in [1.165, 1.54) is 0 Å². The third-order valence-electron chi connectivity index (χ3n) is 3.32. The van der Waals surface area contributed by atoms with Gasteiger partial charge < -0.3 is 5.11 Å². The Morgan fingerprint density at radius 2 is 1.94 bits per heavy atom. The molecule has 0 amide bonds. The molecule has 1 rings (SSSR count). The van der Waals surface area contributed by atoms with Gasteiger partial charge in [-0.2, -0.15) is 0 Å². The van der Waals surface area contributed by atoms with E-state index in [-0.39, 0.29) is 11.6 Å². The highest BCUT2D eigenvalue weighted by Crippen LogP contribution is 2.25. The molecule has 5 heteroatoms. The molecule has 5 nitrogen and oxygen atoms in total. The molecule has 0 bridgehead atoms. The SMILES string of the molecule is CCCCCn1nnc(C(=O)O)c1C(CC)CC. The number of unbranched alkanes of at least 4 members (excludes halogenated alkanes) is 2. The smallest absolute Gasteiger partial charge is 0.358 e. The van der Waals surface area contributed by atoms with E-state index in [1.807, 2.05) is 0 Å². The van der Waals surface area contributed by atoms with E-state index in [1.54, 1.807) is 4.68 Å². The fourth-order valence-electron chi connectivity index (χ4n) is 2.23. The van der Waals surface area contributed by atoms with Crippen molar-refractivity contribution in [1.29, 1.82) is 0 Å². The number of nitrogens with zero attached hydrogens (tertiary/aromatic N) is 3. The number of aromatic carboxylic acids is 1. The van der Waals surface area contributed by atoms with E-state index in [2.05, 4.69) is 31.1 Å². The summed E-state index contributed by atoms with van der Waals surface area (Å²) in [7, 11) is 0. The van der Waals surface area contributed by atoms with Crippen LogP contribution in [-0.4, -0.2) is 26.1 Å². The molecule has 0 saturated heterocycles. The third-order valence-corrected chi connectivity index (χ3v) is 3.32. The lowest BCUT2D eigenvalue weighted by Crippen LogP contribution is -2.12. The molecule has 0 aliphatic rings. The molecule has 0 aromatic carbocycles. The molecule has 0 radical (unpaired) electrons. The number of carbonyl (C=O) groups is 1. The van der Waals surface area contributed by atoms with E-state index in [0.29, 0.717) is 0 Å². The lowest BCUT2D eigenvalue weighted by atomic mass is 9.97. The molecule has 1 N–H and O–H groups in total. The molecular weight excluding hydrogens is 230 g/mol. The van der Waals surface area contributed by atoms with Gasteiger partial charge in [0.2, 0.25) is 0 Å². The van der Waals surface area contributed by atoms with Gasteiger partial charge in [-0.25, -0.2) is 9.48 Å². The van der Waals surface area contributed by atoms with Gasteiger partial charge in [-0.3, -0.25) is 0 Å². The largest absolute Gasteiger partial charge is 0.476 e. The fraction of sp³-hybridized carbons (Fsp3) is 0.769. The van der Waals surface area contributed by atoms with Crippen LogP contribution in [0.1, 0.15) is 75.0 Å². The molecule has 1 aromatic rings. The average Bonchev–Trinajstić information content (AvgIpc) is 2.76. The maximum Gasteiger partial charge on any atom is 0.358 e. The lowest BCUT2D eigenvalue weighted by Gasteiger charge is -2.14. The Labute approximate surface area is 108 Å². The summed E-state index contributed by atoms with van der Waals surface area (Å²) in [6, 6.07) is 0. The van der Waals surface area contributed by atoms with Gasteiger partial charge >= 0.3 is 5.97 Å². The molecule has 18 heavy (non-hydrogen) atoms. The molecule has 0 spiro atoms. The second-order valence-corrected chi connectivity index (χ2v) is 4.57. The van der Waals surface area contributed by atoms with E-state index >= 15 is 0 Å². The molecule has 102 valence electrons. The number of carboxylic acid groups (broad SMARTS) is 1. The topological polar surface area (TPSA) is 68.0 Å². The molecule has 0 fully saturated rings. The summed E-state index contributed by atoms with van der Waals surface area (Å²) < 4.78 is 1.79. The van der Waals surface area contributed by atoms with Gasteiger partial charge in [-0.1, -0.05) is 38.8 Å². The van der Waals surface area contributed by atoms with Gasteiger partial charge in [0.25, 0.3) is 0 Å². The fourth-order valence-corrected chi connectivity index (χ4v) is 2.23. The summed E-state index contributed by atoms with van der Waals surface area (Å²) in [5.41, 5.74) is 0.920. The summed E-state index contributed by atoms with van der Waals surface area (Å²) in [4.78, 5) is 11.2. The standard InChI is InChI=1S/C13H23N3O2/c1-4-7-8-9-16-12(10(5-2)6-3)11(13(17)18)14-15-16/h10H,4-9H2,1-3H3,(H,17,18). The zero-order valence-corrected chi connectivity index (χ0v) is 11.5. The Morgan fingerprint density at radius 1 is 1.28 bits per heavy atom. The Bertz CT molecular complexity index is 384. The van der Waals surface area contributed by atoms with Crippen LogP contribution in [0.3, 0.4) is 0 Å². The lowest BCUT2D eigenvalue weighted by molar-refractivity contribution is 0.0688. The van der Waals surface area contributed by atoms with E-state index < -0.39 is 5.97 Å². The monoisotopic (exact) mass is 253 g/mol. The zero-order valence-electron chi connectivity index (χ0n) is 11.5. The summed E-state index contributed by atoms with van der Waals surface area (Å²) >= 11 is 0. The summed E-state index contributed by atoms with van der Waals surface area (Å²) in [5.74, 6) is -0.744. The van der Waals surface area contributed by atoms with Crippen LogP contribution in [0, 0.1) is 0 Å². The van der Waals surface area contributed by atoms with Crippen LogP contribution in [0.5, 0.6) is 0 Å². The Hall–Kier alpha value is -1.39. The predicted molar refractivity (Wildman–Crippen MR) is 69.8 cm³/mol. The molecular formula is C13H23N3O2. The van der Waals surface area contributed by atoms with Gasteiger partial charge in [0, 0.05) is 12.5 Å². The first-order valence-corrected chi connectivity index (χ1v) is 6.82. The number of rotatable bonds is 8. The van der Waals surface area contributed by atoms with Crippen molar-refractivity contribution in [2.24, 2.45) is 0 Å². The van der Waals surface area contributed by atoms with Gasteiger partial charge in [0.05, 0.1) is 5.69 Å². The van der Waals surface area contributed by atoms with Crippen molar-refractivity contribution >= 4 is 5.97 Å². The second-order valence-electron chi connectivity index (χ2n) is 4.57. The van der Waals surface area contributed by atoms with Crippen molar-refractivity contribution in [3.05, 3.63) is 11.4 Å². The minimum atomic E-state index is -0.973. The van der Waals surface area contributed by atoms with Gasteiger partial charge in [0.15, 0.2) is 5.69 Å². The maximum atomic E-state index is 11.2. The summed E-state index contributed by atoms with van der Waals surface area (Å²) in [6.45, 7) is 7.05. The van der Waals surface area contributed by atoms with Crippen LogP contribution >= 0.6 is 0 Å². The van der Waals surface area contributed by atoms with Crippen molar-refractivity contribution in [2.75, 3.05) is 0 Å². The van der Waals surface area contributed by atoms with Gasteiger partial charge in [-0.15, -0.1) is 5.10 Å². The van der Waals surface area contributed by atoms with Gasteiger partial charge in [0.1, 0.15) is 0 Å². The Balaban J connectivity index is 2.98. The van der Waals surface area contributed by atoms with Crippen molar-refractivity contribution in [3.63, 3.8) is 0 Å². The minimum Gasteiger partial charge on any atom is -0.476 e. The first kappa shape index (κ1) is 14.7. The van der Waals surface area contributed by atoms with Crippen LogP contribution in [0.2, 0.25) is 0 Å². The molecule has 0 unspecified atom stereocenters. The quantitative estimate of drug-likeness (QED) is 0.723. The first-order chi connectivity index (χ1) is 8.65. The molecule has 0 saturated carbocycles. The number of aryl methyl sites for hydroxylation is 1. The Morgan fingerprint density at radius 3 is 2.44 bits per heavy atom. The van der Waals surface area contributed by atoms with Crippen LogP contribution in [0.25, 0.3) is 0 Å². The third kappa shape index (κ3) is 3.31. The molecule has 1 aromatic heterocycles. The summed E-state index contributed by atoms with van der Waals surface area (Å²) in [5, 5.41) is 17.0. The number of carboxylic acids is 1. The van der Waals surface area contributed by atoms with E-state index in [0.717, 1.165) is 44.3 Å². The number of hydrogen-bond donors (Lipinski definition) is 1.